The fourth-order valence-electron chi connectivity index (χ4n) is 6.79. The first-order valence-corrected chi connectivity index (χ1v) is 15.4. The molecule has 0 aliphatic rings. The van der Waals surface area contributed by atoms with Crippen molar-refractivity contribution in [1.29, 1.82) is 0 Å². The fourth-order valence-corrected chi connectivity index (χ4v) is 6.79. The van der Waals surface area contributed by atoms with E-state index in [1.165, 1.54) is 60.3 Å². The lowest BCUT2D eigenvalue weighted by atomic mass is 10.0. The van der Waals surface area contributed by atoms with Crippen LogP contribution in [0.2, 0.25) is 0 Å². The molecule has 0 aliphatic heterocycles. The van der Waals surface area contributed by atoms with Crippen molar-refractivity contribution in [1.82, 2.24) is 9.13 Å². The van der Waals surface area contributed by atoms with Crippen LogP contribution in [0.5, 0.6) is 0 Å². The molecule has 0 aliphatic carbocycles. The Bertz CT molecular complexity index is 2370. The molecule has 0 radical (unpaired) electrons. The molecule has 0 atom stereocenters. The number of para-hydroxylation sites is 3. The molecule has 2 aromatic heterocycles. The molecular formula is C43H32N2. The lowest BCUT2D eigenvalue weighted by molar-refractivity contribution is 1.18. The van der Waals surface area contributed by atoms with Crippen LogP contribution < -0.4 is 0 Å². The number of fused-ring (bicyclic) bond motifs is 6. The molecule has 8 rings (SSSR count). The van der Waals surface area contributed by atoms with E-state index in [0.717, 1.165) is 16.9 Å². The van der Waals surface area contributed by atoms with Gasteiger partial charge in [-0.2, -0.15) is 0 Å². The van der Waals surface area contributed by atoms with Crippen LogP contribution in [0.15, 0.2) is 170 Å². The minimum atomic E-state index is 1.15. The van der Waals surface area contributed by atoms with Crippen LogP contribution in [0.25, 0.3) is 71.7 Å². The Labute approximate surface area is 263 Å². The molecule has 2 heteroatoms. The molecule has 6 aromatic carbocycles. The van der Waals surface area contributed by atoms with Gasteiger partial charge in [0.2, 0.25) is 0 Å². The molecule has 0 saturated carbocycles. The van der Waals surface area contributed by atoms with Crippen molar-refractivity contribution in [2.24, 2.45) is 0 Å². The third kappa shape index (κ3) is 4.42. The Balaban J connectivity index is 1.17. The Morgan fingerprint density at radius 3 is 1.42 bits per heavy atom. The second kappa shape index (κ2) is 11.0. The van der Waals surface area contributed by atoms with Crippen LogP contribution in [-0.2, 0) is 0 Å². The smallest absolute Gasteiger partial charge is 0.0541 e. The standard InChI is InChI=1S/C43H32N2/c1-3-11-30(12-4-2)33-23-28-43-39(29-33)38-15-7-10-18-42(38)45(43)35-26-21-32(22-27-35)31-19-24-34(25-20-31)44-40-16-8-5-13-36(40)37-14-6-9-17-41(37)44/h3-29H,1H2,2H3/b12-4-,30-11+. The summed E-state index contributed by atoms with van der Waals surface area (Å²) in [6.07, 6.45) is 8.12. The van der Waals surface area contributed by atoms with Gasteiger partial charge < -0.3 is 9.13 Å². The first-order chi connectivity index (χ1) is 22.2. The first-order valence-electron chi connectivity index (χ1n) is 15.4. The second-order valence-corrected chi connectivity index (χ2v) is 11.4. The van der Waals surface area contributed by atoms with Crippen LogP contribution in [0, 0.1) is 0 Å². The van der Waals surface area contributed by atoms with Gasteiger partial charge in [-0.25, -0.2) is 0 Å². The molecule has 2 nitrogen and oxygen atoms in total. The Hall–Kier alpha value is -5.86. The molecule has 0 amide bonds. The third-order valence-electron chi connectivity index (χ3n) is 8.81. The van der Waals surface area contributed by atoms with E-state index in [1.54, 1.807) is 0 Å². The van der Waals surface area contributed by atoms with Crippen LogP contribution in [-0.4, -0.2) is 9.13 Å². The zero-order valence-corrected chi connectivity index (χ0v) is 25.2. The predicted molar refractivity (Wildman–Crippen MR) is 194 cm³/mol. The summed E-state index contributed by atoms with van der Waals surface area (Å²) in [5, 5.41) is 5.05. The van der Waals surface area contributed by atoms with Gasteiger partial charge in [0.25, 0.3) is 0 Å². The van der Waals surface area contributed by atoms with Gasteiger partial charge in [0.15, 0.2) is 0 Å². The van der Waals surface area contributed by atoms with Crippen molar-refractivity contribution in [2.45, 2.75) is 6.92 Å². The molecular weight excluding hydrogens is 544 g/mol. The minimum Gasteiger partial charge on any atom is -0.309 e. The van der Waals surface area contributed by atoms with E-state index in [1.807, 2.05) is 13.0 Å². The molecule has 8 aromatic rings. The predicted octanol–water partition coefficient (Wildman–Crippen LogP) is 11.7. The SMILES string of the molecule is C=C/C=C(\C=C/C)c1ccc2c(c1)c1ccccc1n2-c1ccc(-c2ccc(-n3c4ccccc4c4ccccc43)cc2)cc1. The average molecular weight is 577 g/mol. The highest BCUT2D eigenvalue weighted by Gasteiger charge is 2.14. The van der Waals surface area contributed by atoms with E-state index in [2.05, 4.69) is 173 Å². The molecule has 0 N–H and O–H groups in total. The summed E-state index contributed by atoms with van der Waals surface area (Å²) in [7, 11) is 0. The van der Waals surface area contributed by atoms with E-state index in [0.29, 0.717) is 0 Å². The molecule has 0 bridgehead atoms. The van der Waals surface area contributed by atoms with Gasteiger partial charge in [-0.3, -0.25) is 0 Å². The number of rotatable bonds is 6. The van der Waals surface area contributed by atoms with E-state index in [9.17, 15) is 0 Å². The molecule has 0 spiro atoms. The molecule has 0 fully saturated rings. The van der Waals surface area contributed by atoms with E-state index in [4.69, 9.17) is 0 Å². The van der Waals surface area contributed by atoms with Crippen molar-refractivity contribution < 1.29 is 0 Å². The number of hydrogen-bond donors (Lipinski definition) is 0. The lowest BCUT2D eigenvalue weighted by Gasteiger charge is -2.11. The highest BCUT2D eigenvalue weighted by Crippen LogP contribution is 2.36. The van der Waals surface area contributed by atoms with Gasteiger partial charge in [0.05, 0.1) is 22.1 Å². The van der Waals surface area contributed by atoms with Crippen LogP contribution in [0.1, 0.15) is 12.5 Å². The Morgan fingerprint density at radius 1 is 0.511 bits per heavy atom. The molecule has 0 unspecified atom stereocenters. The van der Waals surface area contributed by atoms with E-state index >= 15 is 0 Å². The van der Waals surface area contributed by atoms with Crippen molar-refractivity contribution in [3.63, 3.8) is 0 Å². The number of allylic oxidation sites excluding steroid dienone is 5. The largest absolute Gasteiger partial charge is 0.309 e. The van der Waals surface area contributed by atoms with Gasteiger partial charge in [-0.1, -0.05) is 116 Å². The summed E-state index contributed by atoms with van der Waals surface area (Å²) in [5.41, 5.74) is 11.9. The molecule has 2 heterocycles. The summed E-state index contributed by atoms with van der Waals surface area (Å²) in [6.45, 7) is 5.96. The molecule has 214 valence electrons. The normalized spacial score (nSPS) is 12.2. The van der Waals surface area contributed by atoms with Crippen molar-refractivity contribution >= 4 is 49.2 Å². The molecule has 0 saturated heterocycles. The van der Waals surface area contributed by atoms with Gasteiger partial charge in [0.1, 0.15) is 0 Å². The summed E-state index contributed by atoms with van der Waals surface area (Å²) < 4.78 is 4.73. The quantitative estimate of drug-likeness (QED) is 0.174. The van der Waals surface area contributed by atoms with E-state index in [-0.39, 0.29) is 0 Å². The zero-order valence-electron chi connectivity index (χ0n) is 25.2. The number of aromatic nitrogens is 2. The minimum absolute atomic E-state index is 1.15. The first kappa shape index (κ1) is 26.7. The Morgan fingerprint density at radius 2 is 0.956 bits per heavy atom. The van der Waals surface area contributed by atoms with Crippen LogP contribution in [0.4, 0.5) is 0 Å². The summed E-state index contributed by atoms with van der Waals surface area (Å²) >= 11 is 0. The summed E-state index contributed by atoms with van der Waals surface area (Å²) in [4.78, 5) is 0. The van der Waals surface area contributed by atoms with Crippen LogP contribution in [0.3, 0.4) is 0 Å². The molecule has 45 heavy (non-hydrogen) atoms. The van der Waals surface area contributed by atoms with Gasteiger partial charge in [0, 0.05) is 32.9 Å². The second-order valence-electron chi connectivity index (χ2n) is 11.4. The third-order valence-corrected chi connectivity index (χ3v) is 8.81. The van der Waals surface area contributed by atoms with Gasteiger partial charge in [-0.05, 0) is 83.8 Å². The average Bonchev–Trinajstić information content (AvgIpc) is 3.61. The fraction of sp³-hybridized carbons (Fsp3) is 0.0233. The van der Waals surface area contributed by atoms with Crippen LogP contribution >= 0.6 is 0 Å². The number of hydrogen-bond acceptors (Lipinski definition) is 0. The maximum absolute atomic E-state index is 3.92. The topological polar surface area (TPSA) is 9.86 Å². The monoisotopic (exact) mass is 576 g/mol. The van der Waals surface area contributed by atoms with Crippen molar-refractivity contribution in [3.8, 4) is 22.5 Å². The Kier molecular flexibility index (Phi) is 6.54. The van der Waals surface area contributed by atoms with E-state index < -0.39 is 0 Å². The summed E-state index contributed by atoms with van der Waals surface area (Å²) in [6, 6.07) is 50.6. The number of benzene rings is 6. The maximum Gasteiger partial charge on any atom is 0.0541 e. The maximum atomic E-state index is 3.92. The van der Waals surface area contributed by atoms with Gasteiger partial charge >= 0.3 is 0 Å². The highest BCUT2D eigenvalue weighted by molar-refractivity contribution is 6.11. The van der Waals surface area contributed by atoms with Crippen molar-refractivity contribution in [3.05, 3.63) is 176 Å². The lowest BCUT2D eigenvalue weighted by Crippen LogP contribution is -1.95. The number of nitrogens with zero attached hydrogens (tertiary/aromatic N) is 2. The van der Waals surface area contributed by atoms with Crippen molar-refractivity contribution in [2.75, 3.05) is 0 Å². The zero-order chi connectivity index (χ0) is 30.3. The van der Waals surface area contributed by atoms with Gasteiger partial charge in [-0.15, -0.1) is 0 Å². The summed E-state index contributed by atoms with van der Waals surface area (Å²) in [5.74, 6) is 0. The highest BCUT2D eigenvalue weighted by atomic mass is 15.0.